The number of aryl methyl sites for hydroxylation is 1. The predicted molar refractivity (Wildman–Crippen MR) is 292 cm³/mol. The number of hydrogen-bond donors (Lipinski definition) is 0. The highest BCUT2D eigenvalue weighted by atomic mass is 35.5. The molecule has 13 rings (SSSR count). The highest BCUT2D eigenvalue weighted by molar-refractivity contribution is 6.37. The Bertz CT molecular complexity index is 4030. The third kappa shape index (κ3) is 6.23. The molecule has 3 aromatic heterocycles. The second-order valence-corrected chi connectivity index (χ2v) is 21.2. The molecular weight excluding hydrogens is 864 g/mol. The summed E-state index contributed by atoms with van der Waals surface area (Å²) in [6, 6.07) is 66.2. The highest BCUT2D eigenvalue weighted by Crippen LogP contribution is 2.54. The van der Waals surface area contributed by atoms with Gasteiger partial charge in [0.25, 0.3) is 0 Å². The minimum atomic E-state index is -0.00388. The number of furan rings is 1. The first-order chi connectivity index (χ1) is 33.3. The number of rotatable bonds is 5. The summed E-state index contributed by atoms with van der Waals surface area (Å²) in [5, 5.41) is 7.64. The molecule has 0 saturated carbocycles. The van der Waals surface area contributed by atoms with E-state index in [9.17, 15) is 0 Å². The predicted octanol–water partition coefficient (Wildman–Crippen LogP) is 18.6. The fourth-order valence-electron chi connectivity index (χ4n) is 11.1. The first-order valence-electron chi connectivity index (χ1n) is 24.0. The average molecular weight is 916 g/mol. The number of fused-ring (bicyclic) bond motifs is 11. The zero-order valence-electron chi connectivity index (χ0n) is 39.9. The number of halogens is 1. The summed E-state index contributed by atoms with van der Waals surface area (Å²) in [6.07, 6.45) is 0. The van der Waals surface area contributed by atoms with Gasteiger partial charge >= 0.3 is 0 Å². The third-order valence-corrected chi connectivity index (χ3v) is 14.8. The average Bonchev–Trinajstić information content (AvgIpc) is 4.01. The monoisotopic (exact) mass is 914 g/mol. The highest BCUT2D eigenvalue weighted by Gasteiger charge is 2.32. The maximum absolute atomic E-state index is 8.14. The Morgan fingerprint density at radius 2 is 1.04 bits per heavy atom. The zero-order valence-corrected chi connectivity index (χ0v) is 40.7. The maximum Gasteiger partial charge on any atom is 0.137 e. The second-order valence-electron chi connectivity index (χ2n) is 20.9. The molecule has 12 aromatic rings. The molecule has 0 saturated heterocycles. The van der Waals surface area contributed by atoms with Gasteiger partial charge < -0.3 is 23.4 Å². The molecule has 1 aliphatic heterocycles. The lowest BCUT2D eigenvalue weighted by Gasteiger charge is -2.35. The molecule has 5 nitrogen and oxygen atoms in total. The largest absolute Gasteiger partial charge is 0.456 e. The van der Waals surface area contributed by atoms with E-state index in [0.717, 1.165) is 78.5 Å². The van der Waals surface area contributed by atoms with Gasteiger partial charge in [0.2, 0.25) is 0 Å². The van der Waals surface area contributed by atoms with Crippen LogP contribution in [0.25, 0.3) is 76.9 Å². The smallest absolute Gasteiger partial charge is 0.137 e. The minimum absolute atomic E-state index is 0.00388. The van der Waals surface area contributed by atoms with Crippen molar-refractivity contribution in [2.45, 2.75) is 59.3 Å². The van der Waals surface area contributed by atoms with Gasteiger partial charge in [0.15, 0.2) is 0 Å². The van der Waals surface area contributed by atoms with Gasteiger partial charge in [-0.3, -0.25) is 0 Å². The van der Waals surface area contributed by atoms with Crippen LogP contribution in [-0.2, 0) is 10.8 Å². The van der Waals surface area contributed by atoms with Crippen LogP contribution in [0.3, 0.4) is 0 Å². The van der Waals surface area contributed by atoms with Crippen molar-refractivity contribution in [3.8, 4) is 11.4 Å². The molecule has 0 radical (unpaired) electrons. The first-order valence-corrected chi connectivity index (χ1v) is 24.3. The maximum atomic E-state index is 8.14. The molecule has 336 valence electrons. The van der Waals surface area contributed by atoms with Crippen molar-refractivity contribution in [2.24, 2.45) is 0 Å². The second kappa shape index (κ2) is 14.9. The van der Waals surface area contributed by atoms with Crippen molar-refractivity contribution in [3.63, 3.8) is 0 Å². The molecule has 4 heterocycles. The molecule has 0 bridgehead atoms. The van der Waals surface area contributed by atoms with Gasteiger partial charge in [-0.15, -0.1) is 0 Å². The fourth-order valence-corrected chi connectivity index (χ4v) is 11.4. The van der Waals surface area contributed by atoms with Crippen LogP contribution in [0.4, 0.5) is 34.1 Å². The third-order valence-electron chi connectivity index (χ3n) is 14.4. The molecule has 9 aromatic carbocycles. The van der Waals surface area contributed by atoms with E-state index in [1.54, 1.807) is 0 Å². The van der Waals surface area contributed by atoms with E-state index in [-0.39, 0.29) is 10.8 Å². The van der Waals surface area contributed by atoms with E-state index in [0.29, 0.717) is 5.02 Å². The molecule has 0 atom stereocenters. The summed E-state index contributed by atoms with van der Waals surface area (Å²) in [6.45, 7) is 15.9. The van der Waals surface area contributed by atoms with E-state index in [4.69, 9.17) is 16.0 Å². The lowest BCUT2D eigenvalue weighted by atomic mass is 9.85. The lowest BCUT2D eigenvalue weighted by molar-refractivity contribution is 0.590. The molecule has 0 aliphatic carbocycles. The van der Waals surface area contributed by atoms with Crippen molar-refractivity contribution >= 4 is 111 Å². The van der Waals surface area contributed by atoms with Crippen LogP contribution in [0.1, 0.15) is 58.2 Å². The Morgan fingerprint density at radius 1 is 0.449 bits per heavy atom. The summed E-state index contributed by atoms with van der Waals surface area (Å²) in [7, 11) is 0. The van der Waals surface area contributed by atoms with Gasteiger partial charge in [0.1, 0.15) is 11.2 Å². The normalized spacial score (nSPS) is 12.9. The molecular formula is C63H51ClN4O. The minimum Gasteiger partial charge on any atom is -0.456 e. The van der Waals surface area contributed by atoms with Crippen molar-refractivity contribution in [2.75, 3.05) is 9.80 Å². The van der Waals surface area contributed by atoms with Gasteiger partial charge in [0, 0.05) is 38.3 Å². The lowest BCUT2D eigenvalue weighted by Crippen LogP contribution is -2.19. The van der Waals surface area contributed by atoms with Crippen LogP contribution in [0.5, 0.6) is 0 Å². The SMILES string of the molecule is Cc1cc(N(c2cccc(-n3c4ccc(C(C)(C)C)cc4c4cc(C(C)(C)C)ccc43)c2)c2cccc3oc4ccccc4c23)c(Cl)c(N2c3ccccc3-n3c4ccccc4c4cccc2c43)c1. The van der Waals surface area contributed by atoms with Gasteiger partial charge in [-0.2, -0.15) is 0 Å². The molecule has 6 heteroatoms. The zero-order chi connectivity index (χ0) is 47.1. The number of nitrogens with zero attached hydrogens (tertiary/aromatic N) is 4. The van der Waals surface area contributed by atoms with Crippen LogP contribution >= 0.6 is 11.6 Å². The van der Waals surface area contributed by atoms with Crippen LogP contribution < -0.4 is 9.80 Å². The van der Waals surface area contributed by atoms with Gasteiger partial charge in [-0.05, 0) is 132 Å². The summed E-state index contributed by atoms with van der Waals surface area (Å²) < 4.78 is 11.4. The molecule has 0 spiro atoms. The Hall–Kier alpha value is -7.73. The van der Waals surface area contributed by atoms with Crippen molar-refractivity contribution in [1.29, 1.82) is 0 Å². The number of aromatic nitrogens is 2. The van der Waals surface area contributed by atoms with E-state index >= 15 is 0 Å². The van der Waals surface area contributed by atoms with Gasteiger partial charge in [-0.1, -0.05) is 138 Å². The van der Waals surface area contributed by atoms with E-state index in [1.165, 1.54) is 49.2 Å². The van der Waals surface area contributed by atoms with Crippen molar-refractivity contribution in [3.05, 3.63) is 204 Å². The van der Waals surface area contributed by atoms with Crippen LogP contribution in [0.15, 0.2) is 186 Å². The Kier molecular flexibility index (Phi) is 8.94. The van der Waals surface area contributed by atoms with E-state index in [2.05, 4.69) is 237 Å². The molecule has 0 N–H and O–H groups in total. The Morgan fingerprint density at radius 3 is 1.78 bits per heavy atom. The van der Waals surface area contributed by atoms with Crippen LogP contribution in [0.2, 0.25) is 5.02 Å². The molecule has 0 unspecified atom stereocenters. The van der Waals surface area contributed by atoms with Crippen LogP contribution in [0, 0.1) is 6.92 Å². The molecule has 1 aliphatic rings. The Labute approximate surface area is 407 Å². The number of para-hydroxylation sites is 5. The number of benzene rings is 9. The topological polar surface area (TPSA) is 29.5 Å². The molecule has 0 amide bonds. The van der Waals surface area contributed by atoms with Crippen molar-refractivity contribution in [1.82, 2.24) is 9.13 Å². The van der Waals surface area contributed by atoms with Crippen molar-refractivity contribution < 1.29 is 4.42 Å². The molecule has 69 heavy (non-hydrogen) atoms. The quantitative estimate of drug-likeness (QED) is 0.172. The standard InChI is InChI=1S/C63H51ClN4O/c1-38-33-55(60(64)56(34-38)67-51-23-11-12-24-52(51)68-48-22-10-8-19-43(48)44-21-15-26-54(67)61(44)68)66(53-25-16-28-58-59(53)45-20-9-13-27-57(45)69-58)42-18-14-17-41(37-42)65-49-31-29-39(62(2,3)4)35-46(49)47-36-40(63(5,6)7)30-32-50(47)65/h8-37H,1-7H3. The van der Waals surface area contributed by atoms with Gasteiger partial charge in [0.05, 0.1) is 66.6 Å². The Balaban J connectivity index is 1.08. The summed E-state index contributed by atoms with van der Waals surface area (Å²) in [4.78, 5) is 4.72. The summed E-state index contributed by atoms with van der Waals surface area (Å²) >= 11 is 8.14. The van der Waals surface area contributed by atoms with E-state index in [1.807, 2.05) is 12.1 Å². The number of anilines is 6. The van der Waals surface area contributed by atoms with Crippen LogP contribution in [-0.4, -0.2) is 9.13 Å². The number of hydrogen-bond acceptors (Lipinski definition) is 3. The van der Waals surface area contributed by atoms with Gasteiger partial charge in [-0.25, -0.2) is 0 Å². The summed E-state index contributed by atoms with van der Waals surface area (Å²) in [5.74, 6) is 0. The molecule has 0 fully saturated rings. The summed E-state index contributed by atoms with van der Waals surface area (Å²) in [5.41, 5.74) is 18.0. The first kappa shape index (κ1) is 41.5. The van der Waals surface area contributed by atoms with E-state index < -0.39 is 0 Å². The fraction of sp³-hybridized carbons (Fsp3) is 0.143.